The van der Waals surface area contributed by atoms with Crippen LogP contribution in [0.15, 0.2) is 12.1 Å². The van der Waals surface area contributed by atoms with Crippen LogP contribution in [-0.4, -0.2) is 11.0 Å². The van der Waals surface area contributed by atoms with Gasteiger partial charge in [-0.15, -0.1) is 11.8 Å². The molecule has 1 atom stereocenters. The second kappa shape index (κ2) is 4.38. The fourth-order valence-corrected chi connectivity index (χ4v) is 3.48. The molecule has 1 aromatic rings. The van der Waals surface area contributed by atoms with Crippen LogP contribution in [0.25, 0.3) is 0 Å². The molecule has 0 aromatic heterocycles. The molecule has 1 unspecified atom stereocenters. The third-order valence-electron chi connectivity index (χ3n) is 2.73. The topological polar surface area (TPSA) is 17.1 Å². The van der Waals surface area contributed by atoms with Gasteiger partial charge in [-0.2, -0.15) is 0 Å². The first-order valence-electron chi connectivity index (χ1n) is 5.15. The Morgan fingerprint density at radius 1 is 1.50 bits per heavy atom. The SMILES string of the molecule is CC(C)C1SCc2c(ccc(F)c2Cl)C1=O. The van der Waals surface area contributed by atoms with Crippen molar-refractivity contribution in [3.05, 3.63) is 34.1 Å². The summed E-state index contributed by atoms with van der Waals surface area (Å²) in [5.41, 5.74) is 1.23. The van der Waals surface area contributed by atoms with Crippen LogP contribution in [0.5, 0.6) is 0 Å². The molecule has 0 aliphatic carbocycles. The minimum Gasteiger partial charge on any atom is -0.293 e. The van der Waals surface area contributed by atoms with Crippen molar-refractivity contribution in [2.75, 3.05) is 0 Å². The summed E-state index contributed by atoms with van der Waals surface area (Å²) >= 11 is 7.41. The molecule has 0 saturated heterocycles. The highest BCUT2D eigenvalue weighted by molar-refractivity contribution is 8.00. The van der Waals surface area contributed by atoms with Crippen LogP contribution in [-0.2, 0) is 5.75 Å². The van der Waals surface area contributed by atoms with Crippen LogP contribution in [0, 0.1) is 11.7 Å². The fraction of sp³-hybridized carbons (Fsp3) is 0.417. The van der Waals surface area contributed by atoms with Gasteiger partial charge in [-0.25, -0.2) is 4.39 Å². The lowest BCUT2D eigenvalue weighted by molar-refractivity contribution is 0.0973. The molecule has 0 bridgehead atoms. The Bertz CT molecular complexity index is 445. The molecule has 1 aliphatic rings. The van der Waals surface area contributed by atoms with Crippen LogP contribution in [0.1, 0.15) is 29.8 Å². The number of benzene rings is 1. The van der Waals surface area contributed by atoms with Crippen molar-refractivity contribution in [3.8, 4) is 0 Å². The van der Waals surface area contributed by atoms with E-state index in [0.29, 0.717) is 16.9 Å². The van der Waals surface area contributed by atoms with Gasteiger partial charge in [0.15, 0.2) is 5.78 Å². The maximum atomic E-state index is 13.2. The normalized spacial score (nSPS) is 20.1. The first-order valence-corrected chi connectivity index (χ1v) is 6.57. The summed E-state index contributed by atoms with van der Waals surface area (Å²) in [5, 5.41) is 0.0644. The van der Waals surface area contributed by atoms with Gasteiger partial charge in [-0.3, -0.25) is 4.79 Å². The number of hydrogen-bond acceptors (Lipinski definition) is 2. The van der Waals surface area contributed by atoms with Gasteiger partial charge in [0.2, 0.25) is 0 Å². The quantitative estimate of drug-likeness (QED) is 0.759. The van der Waals surface area contributed by atoms with E-state index >= 15 is 0 Å². The highest BCUT2D eigenvalue weighted by atomic mass is 35.5. The first-order chi connectivity index (χ1) is 7.52. The standard InChI is InChI=1S/C12H12ClFOS/c1-6(2)12-11(15)7-3-4-9(14)10(13)8(7)5-16-12/h3-4,6,12H,5H2,1-2H3. The molecule has 1 nitrogen and oxygen atoms in total. The number of carbonyl (C=O) groups excluding carboxylic acids is 1. The van der Waals surface area contributed by atoms with E-state index in [1.165, 1.54) is 6.07 Å². The summed E-state index contributed by atoms with van der Waals surface area (Å²) in [5.74, 6) is 0.523. The second-order valence-electron chi connectivity index (χ2n) is 4.23. The molecule has 0 spiro atoms. The van der Waals surface area contributed by atoms with E-state index in [1.54, 1.807) is 17.8 Å². The maximum absolute atomic E-state index is 13.2. The molecule has 16 heavy (non-hydrogen) atoms. The van der Waals surface area contributed by atoms with Crippen LogP contribution in [0.4, 0.5) is 4.39 Å². The van der Waals surface area contributed by atoms with Crippen molar-refractivity contribution in [2.45, 2.75) is 24.9 Å². The molecule has 0 radical (unpaired) electrons. The zero-order valence-electron chi connectivity index (χ0n) is 9.09. The van der Waals surface area contributed by atoms with Gasteiger partial charge < -0.3 is 0 Å². The highest BCUT2D eigenvalue weighted by Crippen LogP contribution is 2.37. The third-order valence-corrected chi connectivity index (χ3v) is 4.71. The molecule has 0 amide bonds. The Morgan fingerprint density at radius 3 is 2.81 bits per heavy atom. The summed E-state index contributed by atoms with van der Waals surface area (Å²) in [6, 6.07) is 2.82. The van der Waals surface area contributed by atoms with Crippen LogP contribution < -0.4 is 0 Å². The minimum absolute atomic E-state index is 0.0333. The molecule has 1 aliphatic heterocycles. The molecular formula is C12H12ClFOS. The van der Waals surface area contributed by atoms with Crippen LogP contribution in [0.2, 0.25) is 5.02 Å². The molecule has 86 valence electrons. The van der Waals surface area contributed by atoms with Gasteiger partial charge in [0.1, 0.15) is 5.82 Å². The van der Waals surface area contributed by atoms with Gasteiger partial charge in [0.25, 0.3) is 0 Å². The van der Waals surface area contributed by atoms with E-state index in [9.17, 15) is 9.18 Å². The monoisotopic (exact) mass is 258 g/mol. The van der Waals surface area contributed by atoms with Crippen LogP contribution >= 0.6 is 23.4 Å². The van der Waals surface area contributed by atoms with E-state index in [-0.39, 0.29) is 22.0 Å². The zero-order valence-corrected chi connectivity index (χ0v) is 10.7. The fourth-order valence-electron chi connectivity index (χ4n) is 1.86. The average Bonchev–Trinajstić information content (AvgIpc) is 2.23. The molecule has 1 heterocycles. The summed E-state index contributed by atoms with van der Waals surface area (Å²) in [7, 11) is 0. The number of rotatable bonds is 1. The maximum Gasteiger partial charge on any atom is 0.176 e. The smallest absolute Gasteiger partial charge is 0.176 e. The van der Waals surface area contributed by atoms with E-state index in [0.717, 1.165) is 0 Å². The average molecular weight is 259 g/mol. The van der Waals surface area contributed by atoms with E-state index in [1.807, 2.05) is 13.8 Å². The van der Waals surface area contributed by atoms with E-state index < -0.39 is 5.82 Å². The molecule has 0 N–H and O–H groups in total. The lowest BCUT2D eigenvalue weighted by Crippen LogP contribution is -2.28. The molecule has 0 fully saturated rings. The lowest BCUT2D eigenvalue weighted by Gasteiger charge is -2.26. The number of ketones is 1. The van der Waals surface area contributed by atoms with Crippen molar-refractivity contribution >= 4 is 29.1 Å². The molecule has 1 aromatic carbocycles. The van der Waals surface area contributed by atoms with Gasteiger partial charge >= 0.3 is 0 Å². The summed E-state index contributed by atoms with van der Waals surface area (Å²) in [6.45, 7) is 4.04. The Kier molecular flexibility index (Phi) is 3.27. The Hall–Kier alpha value is -0.540. The number of Topliss-reactive ketones (excluding diaryl/α,β-unsaturated/α-hetero) is 1. The number of carbonyl (C=O) groups is 1. The van der Waals surface area contributed by atoms with Crippen LogP contribution in [0.3, 0.4) is 0 Å². The number of halogens is 2. The summed E-state index contributed by atoms with van der Waals surface area (Å²) in [4.78, 5) is 12.1. The Balaban J connectivity index is 2.47. The molecular weight excluding hydrogens is 247 g/mol. The van der Waals surface area contributed by atoms with Gasteiger partial charge in [-0.05, 0) is 23.6 Å². The van der Waals surface area contributed by atoms with Gasteiger partial charge in [-0.1, -0.05) is 25.4 Å². The largest absolute Gasteiger partial charge is 0.293 e. The van der Waals surface area contributed by atoms with Crippen molar-refractivity contribution in [2.24, 2.45) is 5.92 Å². The highest BCUT2D eigenvalue weighted by Gasteiger charge is 2.31. The Labute approximate surface area is 103 Å². The molecule has 4 heteroatoms. The Morgan fingerprint density at radius 2 is 2.19 bits per heavy atom. The van der Waals surface area contributed by atoms with Crippen molar-refractivity contribution in [1.82, 2.24) is 0 Å². The first kappa shape index (κ1) is 11.9. The summed E-state index contributed by atoms with van der Waals surface area (Å²) in [6.07, 6.45) is 0. The molecule has 2 rings (SSSR count). The van der Waals surface area contributed by atoms with Crippen molar-refractivity contribution < 1.29 is 9.18 Å². The zero-order chi connectivity index (χ0) is 11.9. The van der Waals surface area contributed by atoms with E-state index in [2.05, 4.69) is 0 Å². The predicted octanol–water partition coefficient (Wildman–Crippen LogP) is 3.93. The van der Waals surface area contributed by atoms with Crippen molar-refractivity contribution in [1.29, 1.82) is 0 Å². The summed E-state index contributed by atoms with van der Waals surface area (Å²) < 4.78 is 13.2. The van der Waals surface area contributed by atoms with Crippen molar-refractivity contribution in [3.63, 3.8) is 0 Å². The minimum atomic E-state index is -0.447. The van der Waals surface area contributed by atoms with Gasteiger partial charge in [0.05, 0.1) is 10.3 Å². The number of thioether (sulfide) groups is 1. The van der Waals surface area contributed by atoms with E-state index in [4.69, 9.17) is 11.6 Å². The predicted molar refractivity (Wildman–Crippen MR) is 65.7 cm³/mol. The van der Waals surface area contributed by atoms with Gasteiger partial charge in [0, 0.05) is 11.3 Å². The third kappa shape index (κ3) is 1.87. The molecule has 0 saturated carbocycles. The number of fused-ring (bicyclic) bond motifs is 1. The lowest BCUT2D eigenvalue weighted by atomic mass is 9.96. The number of hydrogen-bond donors (Lipinski definition) is 0. The second-order valence-corrected chi connectivity index (χ2v) is 5.74.